The topological polar surface area (TPSA) is 44.8 Å². The first-order valence-electron chi connectivity index (χ1n) is 10.5. The molecule has 0 N–H and O–H groups in total. The van der Waals surface area contributed by atoms with Crippen LogP contribution < -0.4 is 14.2 Å². The summed E-state index contributed by atoms with van der Waals surface area (Å²) in [5, 5.41) is 0. The van der Waals surface area contributed by atoms with E-state index in [0.29, 0.717) is 29.6 Å². The number of rotatable bonds is 12. The van der Waals surface area contributed by atoms with Crippen molar-refractivity contribution >= 4 is 5.97 Å². The summed E-state index contributed by atoms with van der Waals surface area (Å²) in [6.07, 6.45) is 9.43. The molecule has 0 aromatic heterocycles. The summed E-state index contributed by atoms with van der Waals surface area (Å²) in [5.74, 6) is 2.06. The molecule has 0 saturated heterocycles. The average Bonchev–Trinajstić information content (AvgIpc) is 2.75. The molecule has 29 heavy (non-hydrogen) atoms. The van der Waals surface area contributed by atoms with Gasteiger partial charge in [-0.3, -0.25) is 0 Å². The standard InChI is InChI=1S/C25H32O4/c1-4-6-7-8-9-18-27-22-12-10-21(11-13-22)25(26)29-24-16-14-23(15-17-24)28-19-20(3)5-2/h9-18,20H,4-8,19H2,1-3H3/b18-9+/t20-/m0/s1. The van der Waals surface area contributed by atoms with Crippen LogP contribution in [0.3, 0.4) is 0 Å². The molecule has 0 aliphatic rings. The van der Waals surface area contributed by atoms with Crippen LogP contribution in [0.15, 0.2) is 60.9 Å². The number of allylic oxidation sites excluding steroid dienone is 1. The van der Waals surface area contributed by atoms with E-state index in [1.54, 1.807) is 42.7 Å². The van der Waals surface area contributed by atoms with Gasteiger partial charge in [0, 0.05) is 0 Å². The van der Waals surface area contributed by atoms with Gasteiger partial charge in [0.15, 0.2) is 0 Å². The van der Waals surface area contributed by atoms with Gasteiger partial charge in [0.05, 0.1) is 18.4 Å². The van der Waals surface area contributed by atoms with Gasteiger partial charge in [0.2, 0.25) is 0 Å². The van der Waals surface area contributed by atoms with Gasteiger partial charge in [-0.05, 0) is 73.4 Å². The zero-order valence-electron chi connectivity index (χ0n) is 17.7. The van der Waals surface area contributed by atoms with Crippen LogP contribution in [0.25, 0.3) is 0 Å². The lowest BCUT2D eigenvalue weighted by atomic mass is 10.1. The predicted octanol–water partition coefficient (Wildman–Crippen LogP) is 6.80. The van der Waals surface area contributed by atoms with Crippen LogP contribution in [0.2, 0.25) is 0 Å². The van der Waals surface area contributed by atoms with Gasteiger partial charge in [0.25, 0.3) is 0 Å². The van der Waals surface area contributed by atoms with E-state index in [1.165, 1.54) is 19.3 Å². The van der Waals surface area contributed by atoms with E-state index < -0.39 is 5.97 Å². The Bertz CT molecular complexity index is 747. The molecule has 0 saturated carbocycles. The molecule has 0 aliphatic carbocycles. The SMILES string of the molecule is CCCCC/C=C/Oc1ccc(C(=O)Oc2ccc(OC[C@@H](C)CC)cc2)cc1. The summed E-state index contributed by atoms with van der Waals surface area (Å²) in [6, 6.07) is 14.0. The molecule has 4 nitrogen and oxygen atoms in total. The molecule has 156 valence electrons. The Labute approximate surface area is 174 Å². The number of unbranched alkanes of at least 4 members (excludes halogenated alkanes) is 3. The van der Waals surface area contributed by atoms with Gasteiger partial charge in [-0.1, -0.05) is 40.0 Å². The van der Waals surface area contributed by atoms with E-state index in [-0.39, 0.29) is 0 Å². The van der Waals surface area contributed by atoms with Crippen LogP contribution in [0.1, 0.15) is 63.2 Å². The van der Waals surface area contributed by atoms with Crippen molar-refractivity contribution in [1.82, 2.24) is 0 Å². The van der Waals surface area contributed by atoms with Crippen molar-refractivity contribution in [3.8, 4) is 17.2 Å². The highest BCUT2D eigenvalue weighted by molar-refractivity contribution is 5.91. The average molecular weight is 397 g/mol. The molecule has 2 rings (SSSR count). The molecule has 0 amide bonds. The highest BCUT2D eigenvalue weighted by atomic mass is 16.5. The van der Waals surface area contributed by atoms with Crippen molar-refractivity contribution in [3.63, 3.8) is 0 Å². The Hall–Kier alpha value is -2.75. The minimum Gasteiger partial charge on any atom is -0.493 e. The molecular formula is C25H32O4. The number of carbonyl (C=O) groups is 1. The monoisotopic (exact) mass is 396 g/mol. The van der Waals surface area contributed by atoms with Crippen molar-refractivity contribution in [2.24, 2.45) is 5.92 Å². The molecule has 0 bridgehead atoms. The van der Waals surface area contributed by atoms with Crippen molar-refractivity contribution in [3.05, 3.63) is 66.4 Å². The summed E-state index contributed by atoms with van der Waals surface area (Å²) in [7, 11) is 0. The summed E-state index contributed by atoms with van der Waals surface area (Å²) in [5.41, 5.74) is 0.473. The molecule has 0 heterocycles. The highest BCUT2D eigenvalue weighted by Gasteiger charge is 2.09. The predicted molar refractivity (Wildman–Crippen MR) is 117 cm³/mol. The highest BCUT2D eigenvalue weighted by Crippen LogP contribution is 2.20. The lowest BCUT2D eigenvalue weighted by Crippen LogP contribution is -2.09. The molecule has 2 aromatic rings. The van der Waals surface area contributed by atoms with E-state index in [0.717, 1.165) is 18.6 Å². The van der Waals surface area contributed by atoms with E-state index >= 15 is 0 Å². The molecule has 1 atom stereocenters. The fourth-order valence-electron chi connectivity index (χ4n) is 2.50. The van der Waals surface area contributed by atoms with Gasteiger partial charge >= 0.3 is 5.97 Å². The van der Waals surface area contributed by atoms with E-state index in [9.17, 15) is 4.79 Å². The fraction of sp³-hybridized carbons (Fsp3) is 0.400. The third-order valence-electron chi connectivity index (χ3n) is 4.63. The molecule has 0 fully saturated rings. The van der Waals surface area contributed by atoms with Crippen LogP contribution >= 0.6 is 0 Å². The van der Waals surface area contributed by atoms with Crippen LogP contribution in [0, 0.1) is 5.92 Å². The second kappa shape index (κ2) is 12.7. The maximum atomic E-state index is 12.3. The number of benzene rings is 2. The van der Waals surface area contributed by atoms with E-state index in [4.69, 9.17) is 14.2 Å². The first kappa shape index (κ1) is 22.5. The maximum Gasteiger partial charge on any atom is 0.343 e. The minimum absolute atomic E-state index is 0.403. The third kappa shape index (κ3) is 8.43. The first-order chi connectivity index (χ1) is 14.1. The molecule has 4 heteroatoms. The molecular weight excluding hydrogens is 364 g/mol. The lowest BCUT2D eigenvalue weighted by molar-refractivity contribution is 0.0734. The summed E-state index contributed by atoms with van der Waals surface area (Å²) < 4.78 is 16.7. The Morgan fingerprint density at radius 2 is 1.59 bits per heavy atom. The van der Waals surface area contributed by atoms with Gasteiger partial charge in [-0.15, -0.1) is 0 Å². The molecule has 0 radical (unpaired) electrons. The number of carbonyl (C=O) groups excluding carboxylic acids is 1. The van der Waals surface area contributed by atoms with Gasteiger partial charge in [0.1, 0.15) is 17.2 Å². The van der Waals surface area contributed by atoms with Crippen LogP contribution in [0.5, 0.6) is 17.2 Å². The zero-order valence-corrected chi connectivity index (χ0v) is 17.7. The van der Waals surface area contributed by atoms with Crippen molar-refractivity contribution < 1.29 is 19.0 Å². The van der Waals surface area contributed by atoms with Crippen molar-refractivity contribution in [2.75, 3.05) is 6.61 Å². The van der Waals surface area contributed by atoms with Crippen molar-refractivity contribution in [1.29, 1.82) is 0 Å². The Morgan fingerprint density at radius 3 is 2.24 bits per heavy atom. The van der Waals surface area contributed by atoms with Crippen molar-refractivity contribution in [2.45, 2.75) is 52.9 Å². The smallest absolute Gasteiger partial charge is 0.343 e. The molecule has 0 aliphatic heterocycles. The third-order valence-corrected chi connectivity index (χ3v) is 4.63. The summed E-state index contributed by atoms with van der Waals surface area (Å²) in [4.78, 5) is 12.3. The lowest BCUT2D eigenvalue weighted by Gasteiger charge is -2.11. The largest absolute Gasteiger partial charge is 0.493 e. The van der Waals surface area contributed by atoms with Crippen LogP contribution in [-0.4, -0.2) is 12.6 Å². The maximum absolute atomic E-state index is 12.3. The first-order valence-corrected chi connectivity index (χ1v) is 10.5. The van der Waals surface area contributed by atoms with Gasteiger partial charge < -0.3 is 14.2 Å². The van der Waals surface area contributed by atoms with E-state index in [1.807, 2.05) is 18.2 Å². The molecule has 2 aromatic carbocycles. The second-order valence-electron chi connectivity index (χ2n) is 7.20. The number of hydrogen-bond donors (Lipinski definition) is 0. The zero-order chi connectivity index (χ0) is 20.9. The molecule has 0 unspecified atom stereocenters. The normalized spacial score (nSPS) is 12.0. The van der Waals surface area contributed by atoms with E-state index in [2.05, 4.69) is 20.8 Å². The molecule has 0 spiro atoms. The fourth-order valence-corrected chi connectivity index (χ4v) is 2.50. The second-order valence-corrected chi connectivity index (χ2v) is 7.20. The van der Waals surface area contributed by atoms with Gasteiger partial charge in [-0.25, -0.2) is 4.79 Å². The van der Waals surface area contributed by atoms with Crippen LogP contribution in [0.4, 0.5) is 0 Å². The number of hydrogen-bond acceptors (Lipinski definition) is 4. The Morgan fingerprint density at radius 1 is 0.931 bits per heavy atom. The number of esters is 1. The minimum atomic E-state index is -0.403. The summed E-state index contributed by atoms with van der Waals surface area (Å²) >= 11 is 0. The quantitative estimate of drug-likeness (QED) is 0.171. The Balaban J connectivity index is 1.81. The number of ether oxygens (including phenoxy) is 3. The Kier molecular flexibility index (Phi) is 9.84. The summed E-state index contributed by atoms with van der Waals surface area (Å²) in [6.45, 7) is 7.15. The van der Waals surface area contributed by atoms with Crippen LogP contribution in [-0.2, 0) is 0 Å². The van der Waals surface area contributed by atoms with Gasteiger partial charge in [-0.2, -0.15) is 0 Å².